The second-order valence-electron chi connectivity index (χ2n) is 5.99. The van der Waals surface area contributed by atoms with Gasteiger partial charge in [0.05, 0.1) is 0 Å². The lowest BCUT2D eigenvalue weighted by molar-refractivity contribution is -0.126. The monoisotopic (exact) mass is 312 g/mol. The molecule has 0 spiro atoms. The predicted molar refractivity (Wildman–Crippen MR) is 83.3 cm³/mol. The minimum Gasteiger partial charge on any atom is -0.353 e. The van der Waals surface area contributed by atoms with Crippen molar-refractivity contribution in [3.63, 3.8) is 0 Å². The number of carbonyl (C=O) groups is 1. The number of rotatable bonds is 3. The first-order valence-electron chi connectivity index (χ1n) is 7.42. The Hall–Kier alpha value is -1.13. The van der Waals surface area contributed by atoms with Gasteiger partial charge >= 0.3 is 0 Å². The average Bonchev–Trinajstić information content (AvgIpc) is 3.23. The minimum atomic E-state index is -0.214. The third-order valence-corrected chi connectivity index (χ3v) is 4.37. The summed E-state index contributed by atoms with van der Waals surface area (Å²) in [6.45, 7) is 3.58. The molecule has 5 heteroatoms. The van der Waals surface area contributed by atoms with E-state index in [0.717, 1.165) is 43.5 Å². The number of nitrogens with one attached hydrogen (secondary N) is 2. The van der Waals surface area contributed by atoms with Gasteiger partial charge in [0.2, 0.25) is 5.91 Å². The molecule has 1 aliphatic heterocycles. The van der Waals surface area contributed by atoms with E-state index in [2.05, 4.69) is 10.6 Å². The molecule has 2 unspecified atom stereocenters. The van der Waals surface area contributed by atoms with Gasteiger partial charge in [-0.15, -0.1) is 12.4 Å². The molecular weight excluding hydrogens is 291 g/mol. The van der Waals surface area contributed by atoms with Crippen LogP contribution in [0.4, 0.5) is 4.39 Å². The Bertz CT molecular complexity index is 519. The summed E-state index contributed by atoms with van der Waals surface area (Å²) in [7, 11) is 0. The van der Waals surface area contributed by atoms with Gasteiger partial charge in [-0.2, -0.15) is 0 Å². The van der Waals surface area contributed by atoms with E-state index in [9.17, 15) is 9.18 Å². The van der Waals surface area contributed by atoms with E-state index in [1.54, 1.807) is 6.07 Å². The van der Waals surface area contributed by atoms with Crippen LogP contribution in [0.15, 0.2) is 18.2 Å². The first-order valence-corrected chi connectivity index (χ1v) is 7.42. The highest BCUT2D eigenvalue weighted by atomic mass is 35.5. The normalized spacial score (nSPS) is 25.0. The maximum absolute atomic E-state index is 13.3. The first-order chi connectivity index (χ1) is 9.65. The van der Waals surface area contributed by atoms with Crippen LogP contribution in [0.2, 0.25) is 0 Å². The summed E-state index contributed by atoms with van der Waals surface area (Å²) in [5.74, 6) is 0.0980. The molecule has 2 atom stereocenters. The molecule has 1 aromatic rings. The van der Waals surface area contributed by atoms with Crippen LogP contribution >= 0.6 is 12.4 Å². The van der Waals surface area contributed by atoms with Crippen LogP contribution < -0.4 is 10.6 Å². The van der Waals surface area contributed by atoms with Crippen molar-refractivity contribution in [2.24, 2.45) is 5.92 Å². The van der Waals surface area contributed by atoms with Gasteiger partial charge in [-0.05, 0) is 56.0 Å². The highest BCUT2D eigenvalue weighted by Crippen LogP contribution is 2.32. The number of benzene rings is 1. The van der Waals surface area contributed by atoms with Crippen molar-refractivity contribution in [1.82, 2.24) is 10.6 Å². The number of carbonyl (C=O) groups excluding carboxylic acids is 1. The van der Waals surface area contributed by atoms with E-state index in [0.29, 0.717) is 6.04 Å². The Morgan fingerprint density at radius 2 is 2.10 bits per heavy atom. The Morgan fingerprint density at radius 3 is 2.76 bits per heavy atom. The molecule has 0 radical (unpaired) electrons. The van der Waals surface area contributed by atoms with Crippen LogP contribution in [0.25, 0.3) is 0 Å². The Morgan fingerprint density at radius 1 is 1.33 bits per heavy atom. The fraction of sp³-hybridized carbons (Fsp3) is 0.562. The van der Waals surface area contributed by atoms with Gasteiger partial charge in [-0.1, -0.05) is 6.07 Å². The van der Waals surface area contributed by atoms with E-state index in [1.807, 2.05) is 13.0 Å². The molecule has 116 valence electrons. The molecule has 1 saturated carbocycles. The number of hydrogen-bond donors (Lipinski definition) is 2. The number of amides is 1. The summed E-state index contributed by atoms with van der Waals surface area (Å²) in [5, 5.41) is 6.47. The summed E-state index contributed by atoms with van der Waals surface area (Å²) in [6, 6.07) is 5.28. The van der Waals surface area contributed by atoms with Crippen molar-refractivity contribution >= 4 is 18.3 Å². The zero-order valence-corrected chi connectivity index (χ0v) is 13.0. The van der Waals surface area contributed by atoms with Gasteiger partial charge in [0.1, 0.15) is 5.82 Å². The largest absolute Gasteiger partial charge is 0.353 e. The smallest absolute Gasteiger partial charge is 0.224 e. The summed E-state index contributed by atoms with van der Waals surface area (Å²) in [6.07, 6.45) is 3.06. The molecule has 1 aromatic carbocycles. The fourth-order valence-corrected chi connectivity index (χ4v) is 3.09. The van der Waals surface area contributed by atoms with Crippen molar-refractivity contribution in [3.8, 4) is 0 Å². The Kier molecular flexibility index (Phi) is 5.22. The third kappa shape index (κ3) is 3.74. The highest BCUT2D eigenvalue weighted by Gasteiger charge is 2.35. The number of halogens is 2. The molecule has 1 heterocycles. The minimum absolute atomic E-state index is 0. The summed E-state index contributed by atoms with van der Waals surface area (Å²) >= 11 is 0. The second-order valence-corrected chi connectivity index (χ2v) is 5.99. The quantitative estimate of drug-likeness (QED) is 0.900. The van der Waals surface area contributed by atoms with Gasteiger partial charge in [0, 0.05) is 24.4 Å². The highest BCUT2D eigenvalue weighted by molar-refractivity contribution is 5.85. The SMILES string of the molecule is Cc1cc(F)ccc1C1CNCCC1C(=O)NC1CC1.Cl. The van der Waals surface area contributed by atoms with Gasteiger partial charge < -0.3 is 10.6 Å². The van der Waals surface area contributed by atoms with Crippen molar-refractivity contribution in [3.05, 3.63) is 35.1 Å². The van der Waals surface area contributed by atoms with Gasteiger partial charge in [-0.3, -0.25) is 4.79 Å². The molecule has 1 aliphatic carbocycles. The maximum atomic E-state index is 13.3. The molecule has 21 heavy (non-hydrogen) atoms. The van der Waals surface area contributed by atoms with Crippen LogP contribution in [0.1, 0.15) is 36.3 Å². The van der Waals surface area contributed by atoms with Crippen LogP contribution in [0, 0.1) is 18.7 Å². The number of aryl methyl sites for hydroxylation is 1. The fourth-order valence-electron chi connectivity index (χ4n) is 3.09. The zero-order chi connectivity index (χ0) is 14.1. The molecular formula is C16H22ClFN2O. The number of hydrogen-bond acceptors (Lipinski definition) is 2. The van der Waals surface area contributed by atoms with Crippen molar-refractivity contribution in [2.45, 2.75) is 38.1 Å². The second kappa shape index (κ2) is 6.75. The van der Waals surface area contributed by atoms with Gasteiger partial charge in [0.25, 0.3) is 0 Å². The third-order valence-electron chi connectivity index (χ3n) is 4.37. The van der Waals surface area contributed by atoms with Crippen LogP contribution in [-0.4, -0.2) is 25.0 Å². The average molecular weight is 313 g/mol. The predicted octanol–water partition coefficient (Wildman–Crippen LogP) is 2.53. The molecule has 0 bridgehead atoms. The molecule has 0 aromatic heterocycles. The molecule has 3 rings (SSSR count). The molecule has 1 saturated heterocycles. The van der Waals surface area contributed by atoms with E-state index in [1.165, 1.54) is 6.07 Å². The zero-order valence-electron chi connectivity index (χ0n) is 12.2. The lowest BCUT2D eigenvalue weighted by Crippen LogP contribution is -2.44. The molecule has 3 nitrogen and oxygen atoms in total. The van der Waals surface area contributed by atoms with Crippen LogP contribution in [0.3, 0.4) is 0 Å². The van der Waals surface area contributed by atoms with Gasteiger partial charge in [-0.25, -0.2) is 4.39 Å². The van der Waals surface area contributed by atoms with Crippen molar-refractivity contribution < 1.29 is 9.18 Å². The topological polar surface area (TPSA) is 41.1 Å². The van der Waals surface area contributed by atoms with E-state index >= 15 is 0 Å². The van der Waals surface area contributed by atoms with Crippen LogP contribution in [-0.2, 0) is 4.79 Å². The molecule has 2 N–H and O–H groups in total. The maximum Gasteiger partial charge on any atom is 0.224 e. The van der Waals surface area contributed by atoms with Gasteiger partial charge in [0.15, 0.2) is 0 Å². The number of piperidine rings is 1. The lowest BCUT2D eigenvalue weighted by Gasteiger charge is -2.32. The van der Waals surface area contributed by atoms with Crippen LogP contribution in [0.5, 0.6) is 0 Å². The Labute approximate surface area is 131 Å². The lowest BCUT2D eigenvalue weighted by atomic mass is 9.79. The van der Waals surface area contributed by atoms with Crippen molar-refractivity contribution in [1.29, 1.82) is 0 Å². The molecule has 2 fully saturated rings. The summed E-state index contributed by atoms with van der Waals surface area (Å²) < 4.78 is 13.3. The standard InChI is InChI=1S/C16H21FN2O.ClH/c1-10-8-11(17)2-5-13(10)15-9-18-7-6-14(15)16(20)19-12-3-4-12;/h2,5,8,12,14-15,18H,3-4,6-7,9H2,1H3,(H,19,20);1H. The first kappa shape index (κ1) is 16.2. The summed E-state index contributed by atoms with van der Waals surface area (Å²) in [5.41, 5.74) is 2.03. The molecule has 2 aliphatic rings. The summed E-state index contributed by atoms with van der Waals surface area (Å²) in [4.78, 5) is 12.4. The van der Waals surface area contributed by atoms with E-state index < -0.39 is 0 Å². The van der Waals surface area contributed by atoms with E-state index in [-0.39, 0.29) is 36.0 Å². The Balaban J connectivity index is 0.00000161. The molecule has 1 amide bonds. The van der Waals surface area contributed by atoms with Crippen molar-refractivity contribution in [2.75, 3.05) is 13.1 Å². The van der Waals surface area contributed by atoms with E-state index in [4.69, 9.17) is 0 Å².